The second-order valence-corrected chi connectivity index (χ2v) is 12.9. The molecule has 39 heavy (non-hydrogen) atoms. The third-order valence-corrected chi connectivity index (χ3v) is 8.19. The Kier molecular flexibility index (Phi) is 30.7. The highest BCUT2D eigenvalue weighted by atomic mass is 16.5. The van der Waals surface area contributed by atoms with Crippen LogP contribution >= 0.6 is 0 Å². The van der Waals surface area contributed by atoms with Gasteiger partial charge in [0.25, 0.3) is 0 Å². The predicted octanol–water partition coefficient (Wildman–Crippen LogP) is 9.23. The zero-order valence-electron chi connectivity index (χ0n) is 27.5. The van der Waals surface area contributed by atoms with Crippen LogP contribution in [0.15, 0.2) is 0 Å². The summed E-state index contributed by atoms with van der Waals surface area (Å²) in [4.78, 5) is 0. The van der Waals surface area contributed by atoms with E-state index in [0.29, 0.717) is 17.6 Å². The van der Waals surface area contributed by atoms with Gasteiger partial charge < -0.3 is 19.1 Å². The zero-order chi connectivity index (χ0) is 28.7. The average Bonchev–Trinajstić information content (AvgIpc) is 2.91. The number of hydrogen-bond donors (Lipinski definition) is 0. The number of likely N-dealkylation sites (N-methyl/N-ethyl adjacent to an activating group) is 1. The second-order valence-electron chi connectivity index (χ2n) is 12.9. The molecule has 0 N–H and O–H groups in total. The van der Waals surface area contributed by atoms with Crippen molar-refractivity contribution in [3.05, 3.63) is 0 Å². The van der Waals surface area contributed by atoms with Crippen LogP contribution in [0.1, 0.15) is 168 Å². The molecule has 1 unspecified atom stereocenters. The van der Waals surface area contributed by atoms with E-state index in [2.05, 4.69) is 27.9 Å². The Hall–Kier alpha value is -0.160. The predicted molar refractivity (Wildman–Crippen MR) is 169 cm³/mol. The first-order valence-electron chi connectivity index (χ1n) is 17.6. The van der Waals surface area contributed by atoms with Crippen molar-refractivity contribution in [3.8, 4) is 0 Å². The molecule has 0 bridgehead atoms. The maximum atomic E-state index is 11.2. The summed E-state index contributed by atoms with van der Waals surface area (Å²) in [5, 5.41) is 11.2. The summed E-state index contributed by atoms with van der Waals surface area (Å²) in [6, 6.07) is 0. The fourth-order valence-corrected chi connectivity index (χ4v) is 5.50. The average molecular weight is 556 g/mol. The van der Waals surface area contributed by atoms with Gasteiger partial charge >= 0.3 is 0 Å². The highest BCUT2D eigenvalue weighted by molar-refractivity contribution is 4.58. The van der Waals surface area contributed by atoms with E-state index >= 15 is 0 Å². The molecule has 4 nitrogen and oxygen atoms in total. The minimum Gasteiger partial charge on any atom is -0.850 e. The molecule has 4 heteroatoms. The Morgan fingerprint density at radius 3 is 1.26 bits per heavy atom. The number of quaternary nitrogens is 1. The lowest BCUT2D eigenvalue weighted by Gasteiger charge is -2.34. The van der Waals surface area contributed by atoms with E-state index in [4.69, 9.17) is 9.47 Å². The maximum Gasteiger partial charge on any atom is 0.130 e. The maximum absolute atomic E-state index is 11.2. The third kappa shape index (κ3) is 30.6. The van der Waals surface area contributed by atoms with Crippen LogP contribution in [0.3, 0.4) is 0 Å². The minimum atomic E-state index is -0.0296. The van der Waals surface area contributed by atoms with E-state index in [1.165, 1.54) is 141 Å². The van der Waals surface area contributed by atoms with Crippen LogP contribution in [-0.4, -0.2) is 64.2 Å². The van der Waals surface area contributed by atoms with Crippen LogP contribution in [0.2, 0.25) is 0 Å². The molecule has 0 saturated heterocycles. The summed E-state index contributed by atoms with van der Waals surface area (Å²) in [5.74, 6) is 0. The summed E-state index contributed by atoms with van der Waals surface area (Å²) < 4.78 is 13.1. The lowest BCUT2D eigenvalue weighted by Crippen LogP contribution is -2.50. The Balaban J connectivity index is 3.81. The Morgan fingerprint density at radius 1 is 0.513 bits per heavy atom. The van der Waals surface area contributed by atoms with E-state index in [9.17, 15) is 5.11 Å². The highest BCUT2D eigenvalue weighted by Crippen LogP contribution is 2.14. The Labute approximate surface area is 246 Å². The van der Waals surface area contributed by atoms with Crippen molar-refractivity contribution in [2.45, 2.75) is 174 Å². The quantitative estimate of drug-likeness (QED) is 0.0598. The van der Waals surface area contributed by atoms with Crippen LogP contribution in [-0.2, 0) is 9.47 Å². The van der Waals surface area contributed by atoms with Crippen molar-refractivity contribution in [1.29, 1.82) is 0 Å². The Bertz CT molecular complexity index is 457. The van der Waals surface area contributed by atoms with E-state index < -0.39 is 0 Å². The molecule has 0 radical (unpaired) electrons. The lowest BCUT2D eigenvalue weighted by molar-refractivity contribution is -0.898. The van der Waals surface area contributed by atoms with Gasteiger partial charge in [0.05, 0.1) is 27.2 Å². The van der Waals surface area contributed by atoms with Gasteiger partial charge in [-0.25, -0.2) is 0 Å². The highest BCUT2D eigenvalue weighted by Gasteiger charge is 2.21. The molecule has 0 rings (SSSR count). The smallest absolute Gasteiger partial charge is 0.130 e. The van der Waals surface area contributed by atoms with E-state index in [-0.39, 0.29) is 12.7 Å². The molecule has 0 fully saturated rings. The molecule has 0 aromatic carbocycles. The largest absolute Gasteiger partial charge is 0.850 e. The molecular formula is C35H73NO3. The molecule has 0 saturated carbocycles. The van der Waals surface area contributed by atoms with E-state index in [1.807, 2.05) is 0 Å². The second kappa shape index (κ2) is 30.8. The van der Waals surface area contributed by atoms with Gasteiger partial charge in [-0.2, -0.15) is 0 Å². The van der Waals surface area contributed by atoms with Gasteiger partial charge in [0.2, 0.25) is 0 Å². The van der Waals surface area contributed by atoms with Crippen molar-refractivity contribution in [2.24, 2.45) is 0 Å². The topological polar surface area (TPSA) is 41.5 Å². The van der Waals surface area contributed by atoms with Crippen LogP contribution < -0.4 is 5.11 Å². The number of unbranched alkanes of at least 4 members (excludes halogenated alkanes) is 22. The normalized spacial score (nSPS) is 12.8. The lowest BCUT2D eigenvalue weighted by atomic mass is 10.1. The molecule has 0 spiro atoms. The fourth-order valence-electron chi connectivity index (χ4n) is 5.50. The number of hydrogen-bond acceptors (Lipinski definition) is 3. The fraction of sp³-hybridized carbons (Fsp3) is 1.00. The molecule has 0 aromatic rings. The van der Waals surface area contributed by atoms with Crippen LogP contribution in [0.25, 0.3) is 0 Å². The van der Waals surface area contributed by atoms with Crippen LogP contribution in [0.5, 0.6) is 0 Å². The van der Waals surface area contributed by atoms with E-state index in [1.54, 1.807) is 0 Å². The van der Waals surface area contributed by atoms with Gasteiger partial charge in [0.1, 0.15) is 12.6 Å². The van der Waals surface area contributed by atoms with Crippen molar-refractivity contribution in [2.75, 3.05) is 53.6 Å². The number of nitrogens with zero attached hydrogens (tertiary/aromatic N) is 1. The SMILES string of the molecule is CCCCCCCCCCCCCCOCC(C[N+](C)(C)CC[O-])OCCCCCCCCCCCCCC. The van der Waals surface area contributed by atoms with Gasteiger partial charge in [-0.05, 0) is 12.8 Å². The molecule has 0 aromatic heterocycles. The first-order chi connectivity index (χ1) is 19.1. The summed E-state index contributed by atoms with van der Waals surface area (Å²) in [6.07, 6.45) is 32.9. The molecule has 1 atom stereocenters. The molecule has 0 heterocycles. The van der Waals surface area contributed by atoms with Crippen molar-refractivity contribution in [3.63, 3.8) is 0 Å². The standard InChI is InChI=1S/C35H73NO3/c1-5-7-9-11-13-15-17-19-21-23-25-27-31-38-34-35(33-36(3,4)29-30-37)39-32-28-26-24-22-20-18-16-14-12-10-8-6-2/h35H,5-34H2,1-4H3. The minimum absolute atomic E-state index is 0.0296. The molecule has 0 amide bonds. The van der Waals surface area contributed by atoms with Crippen LogP contribution in [0, 0.1) is 0 Å². The van der Waals surface area contributed by atoms with Crippen molar-refractivity contribution in [1.82, 2.24) is 0 Å². The number of ether oxygens (including phenoxy) is 2. The van der Waals surface area contributed by atoms with Gasteiger partial charge in [0, 0.05) is 13.2 Å². The van der Waals surface area contributed by atoms with E-state index in [0.717, 1.165) is 32.6 Å². The summed E-state index contributed by atoms with van der Waals surface area (Å²) in [5.41, 5.74) is 0. The van der Waals surface area contributed by atoms with Crippen molar-refractivity contribution < 1.29 is 19.1 Å². The first-order valence-corrected chi connectivity index (χ1v) is 17.6. The molecular weight excluding hydrogens is 482 g/mol. The van der Waals surface area contributed by atoms with Crippen LogP contribution in [0.4, 0.5) is 0 Å². The molecule has 236 valence electrons. The van der Waals surface area contributed by atoms with Gasteiger partial charge in [0.15, 0.2) is 0 Å². The molecule has 0 aliphatic heterocycles. The molecule has 0 aliphatic carbocycles. The third-order valence-electron chi connectivity index (χ3n) is 8.19. The molecule has 0 aliphatic rings. The summed E-state index contributed by atoms with van der Waals surface area (Å²) in [6.45, 7) is 8.38. The van der Waals surface area contributed by atoms with Gasteiger partial charge in [-0.1, -0.05) is 162 Å². The summed E-state index contributed by atoms with van der Waals surface area (Å²) in [7, 11) is 4.28. The van der Waals surface area contributed by atoms with Crippen molar-refractivity contribution >= 4 is 0 Å². The number of rotatable bonds is 33. The Morgan fingerprint density at radius 2 is 0.872 bits per heavy atom. The zero-order valence-corrected chi connectivity index (χ0v) is 27.5. The van der Waals surface area contributed by atoms with Gasteiger partial charge in [-0.3, -0.25) is 0 Å². The summed E-state index contributed by atoms with van der Waals surface area (Å²) >= 11 is 0. The monoisotopic (exact) mass is 556 g/mol. The van der Waals surface area contributed by atoms with Gasteiger partial charge in [-0.15, -0.1) is 0 Å². The first kappa shape index (κ1) is 38.8.